The molecule has 0 aliphatic rings. The Morgan fingerprint density at radius 1 is 1.14 bits per heavy atom. The second-order valence-electron chi connectivity index (χ2n) is 4.70. The highest BCUT2D eigenvalue weighted by atomic mass is 32.2. The van der Waals surface area contributed by atoms with Gasteiger partial charge in [-0.2, -0.15) is 0 Å². The van der Waals surface area contributed by atoms with Gasteiger partial charge in [-0.15, -0.1) is 0 Å². The Morgan fingerprint density at radius 2 is 1.76 bits per heavy atom. The number of hydrogen-bond acceptors (Lipinski definition) is 3. The summed E-state index contributed by atoms with van der Waals surface area (Å²) < 4.78 is 38.2. The first-order valence-electron chi connectivity index (χ1n) is 6.11. The lowest BCUT2D eigenvalue weighted by atomic mass is 10.2. The summed E-state index contributed by atoms with van der Waals surface area (Å²) in [5, 5.41) is 8.75. The van der Waals surface area contributed by atoms with Crippen LogP contribution in [0.3, 0.4) is 0 Å². The Labute approximate surface area is 121 Å². The van der Waals surface area contributed by atoms with Crippen molar-refractivity contribution in [3.8, 4) is 0 Å². The average molecular weight is 308 g/mol. The van der Waals surface area contributed by atoms with Gasteiger partial charge in [0.2, 0.25) is 0 Å². The van der Waals surface area contributed by atoms with Gasteiger partial charge in [-0.3, -0.25) is 0 Å². The number of carboxylic acids is 1. The van der Waals surface area contributed by atoms with Gasteiger partial charge in [0.1, 0.15) is 10.7 Å². The van der Waals surface area contributed by atoms with Gasteiger partial charge >= 0.3 is 5.97 Å². The summed E-state index contributed by atoms with van der Waals surface area (Å²) in [5.74, 6) is -2.70. The Balaban J connectivity index is 2.35. The van der Waals surface area contributed by atoms with Gasteiger partial charge in [0.15, 0.2) is 9.84 Å². The number of carboxylic acid groups (broad SMARTS) is 1. The molecule has 0 bridgehead atoms. The lowest BCUT2D eigenvalue weighted by Crippen LogP contribution is -2.08. The summed E-state index contributed by atoms with van der Waals surface area (Å²) in [6.07, 6.45) is 0. The van der Waals surface area contributed by atoms with Crippen molar-refractivity contribution in [1.29, 1.82) is 0 Å². The van der Waals surface area contributed by atoms with Crippen LogP contribution in [-0.4, -0.2) is 19.5 Å². The molecule has 2 aromatic rings. The molecular weight excluding hydrogens is 295 g/mol. The fraction of sp³-hybridized carbons (Fsp3) is 0.133. The Kier molecular flexibility index (Phi) is 4.09. The van der Waals surface area contributed by atoms with Crippen LogP contribution in [0.1, 0.15) is 21.5 Å². The zero-order valence-electron chi connectivity index (χ0n) is 11.2. The summed E-state index contributed by atoms with van der Waals surface area (Å²) in [7, 11) is -3.87. The largest absolute Gasteiger partial charge is 0.478 e. The van der Waals surface area contributed by atoms with Gasteiger partial charge in [-0.1, -0.05) is 29.8 Å². The number of benzene rings is 2. The minimum atomic E-state index is -3.87. The third-order valence-electron chi connectivity index (χ3n) is 2.99. The Morgan fingerprint density at radius 3 is 2.29 bits per heavy atom. The SMILES string of the molecule is Cc1ccc(CS(=O)(=O)c2ccc(C(=O)O)cc2F)cc1. The van der Waals surface area contributed by atoms with Crippen LogP contribution >= 0.6 is 0 Å². The van der Waals surface area contributed by atoms with Crippen LogP contribution in [0.2, 0.25) is 0 Å². The molecule has 1 N–H and O–H groups in total. The van der Waals surface area contributed by atoms with E-state index in [0.717, 1.165) is 17.7 Å². The quantitative estimate of drug-likeness (QED) is 0.942. The van der Waals surface area contributed by atoms with Gasteiger partial charge in [0.25, 0.3) is 0 Å². The lowest BCUT2D eigenvalue weighted by molar-refractivity contribution is 0.0696. The van der Waals surface area contributed by atoms with Crippen molar-refractivity contribution in [1.82, 2.24) is 0 Å². The highest BCUT2D eigenvalue weighted by Gasteiger charge is 2.21. The number of sulfone groups is 1. The highest BCUT2D eigenvalue weighted by Crippen LogP contribution is 2.21. The molecule has 0 saturated carbocycles. The van der Waals surface area contributed by atoms with Crippen LogP contribution in [0.5, 0.6) is 0 Å². The number of aryl methyl sites for hydroxylation is 1. The van der Waals surface area contributed by atoms with Crippen molar-refractivity contribution in [2.75, 3.05) is 0 Å². The Hall–Kier alpha value is -2.21. The molecule has 0 unspecified atom stereocenters. The molecule has 0 aliphatic carbocycles. The van der Waals surface area contributed by atoms with Crippen LogP contribution in [0.15, 0.2) is 47.4 Å². The number of hydrogen-bond donors (Lipinski definition) is 1. The molecule has 110 valence electrons. The zero-order chi connectivity index (χ0) is 15.6. The van der Waals surface area contributed by atoms with Crippen LogP contribution in [0.4, 0.5) is 4.39 Å². The molecule has 0 heterocycles. The maximum Gasteiger partial charge on any atom is 0.335 e. The first-order valence-corrected chi connectivity index (χ1v) is 7.76. The normalized spacial score (nSPS) is 11.3. The second kappa shape index (κ2) is 5.65. The van der Waals surface area contributed by atoms with E-state index in [1.54, 1.807) is 24.3 Å². The smallest absolute Gasteiger partial charge is 0.335 e. The third-order valence-corrected chi connectivity index (χ3v) is 4.71. The monoisotopic (exact) mass is 308 g/mol. The maximum atomic E-state index is 13.8. The van der Waals surface area contributed by atoms with Crippen LogP contribution in [0, 0.1) is 12.7 Å². The van der Waals surface area contributed by atoms with Crippen molar-refractivity contribution in [3.05, 3.63) is 65.0 Å². The number of aromatic carboxylic acids is 1. The van der Waals surface area contributed by atoms with E-state index in [2.05, 4.69) is 0 Å². The van der Waals surface area contributed by atoms with Gasteiger partial charge in [0.05, 0.1) is 11.3 Å². The summed E-state index contributed by atoms with van der Waals surface area (Å²) in [6.45, 7) is 1.88. The predicted octanol–water partition coefficient (Wildman–Crippen LogP) is 2.81. The van der Waals surface area contributed by atoms with E-state index in [4.69, 9.17) is 5.11 Å². The minimum Gasteiger partial charge on any atom is -0.478 e. The van der Waals surface area contributed by atoms with E-state index in [1.807, 2.05) is 6.92 Å². The zero-order valence-corrected chi connectivity index (χ0v) is 12.0. The van der Waals surface area contributed by atoms with Crippen molar-refractivity contribution >= 4 is 15.8 Å². The van der Waals surface area contributed by atoms with E-state index < -0.39 is 26.5 Å². The molecule has 2 rings (SSSR count). The van der Waals surface area contributed by atoms with Gasteiger partial charge in [0, 0.05) is 0 Å². The van der Waals surface area contributed by atoms with Crippen molar-refractivity contribution in [3.63, 3.8) is 0 Å². The molecule has 6 heteroatoms. The minimum absolute atomic E-state index is 0.290. The molecule has 0 aromatic heterocycles. The molecular formula is C15H13FO4S. The van der Waals surface area contributed by atoms with E-state index in [1.165, 1.54) is 0 Å². The second-order valence-corrected chi connectivity index (χ2v) is 6.65. The molecule has 0 fully saturated rings. The molecule has 0 spiro atoms. The summed E-state index contributed by atoms with van der Waals surface area (Å²) in [6, 6.07) is 9.65. The molecule has 0 amide bonds. The summed E-state index contributed by atoms with van der Waals surface area (Å²) in [5.41, 5.74) is 1.25. The maximum absolute atomic E-state index is 13.8. The predicted molar refractivity (Wildman–Crippen MR) is 75.4 cm³/mol. The van der Waals surface area contributed by atoms with E-state index in [9.17, 15) is 17.6 Å². The third kappa shape index (κ3) is 3.46. The summed E-state index contributed by atoms with van der Waals surface area (Å²) >= 11 is 0. The number of rotatable bonds is 4. The van der Waals surface area contributed by atoms with Crippen molar-refractivity contribution in [2.24, 2.45) is 0 Å². The molecule has 0 radical (unpaired) electrons. The molecule has 0 atom stereocenters. The molecule has 0 saturated heterocycles. The van der Waals surface area contributed by atoms with Gasteiger partial charge in [-0.25, -0.2) is 17.6 Å². The van der Waals surface area contributed by atoms with Crippen molar-refractivity contribution in [2.45, 2.75) is 17.6 Å². The van der Waals surface area contributed by atoms with E-state index in [-0.39, 0.29) is 11.3 Å². The topological polar surface area (TPSA) is 71.4 Å². The average Bonchev–Trinajstić information content (AvgIpc) is 2.40. The molecule has 4 nitrogen and oxygen atoms in total. The molecule has 2 aromatic carbocycles. The van der Waals surface area contributed by atoms with Gasteiger partial charge < -0.3 is 5.11 Å². The number of carbonyl (C=O) groups is 1. The van der Waals surface area contributed by atoms with Crippen LogP contribution in [-0.2, 0) is 15.6 Å². The highest BCUT2D eigenvalue weighted by molar-refractivity contribution is 7.90. The Bertz CT molecular complexity index is 780. The van der Waals surface area contributed by atoms with Crippen LogP contribution < -0.4 is 0 Å². The fourth-order valence-electron chi connectivity index (χ4n) is 1.87. The molecule has 0 aliphatic heterocycles. The van der Waals surface area contributed by atoms with Crippen LogP contribution in [0.25, 0.3) is 0 Å². The summed E-state index contributed by atoms with van der Waals surface area (Å²) in [4.78, 5) is 10.2. The van der Waals surface area contributed by atoms with E-state index in [0.29, 0.717) is 11.6 Å². The standard InChI is InChI=1S/C15H13FO4S/c1-10-2-4-11(5-3-10)9-21(19,20)14-7-6-12(15(17)18)8-13(14)16/h2-8H,9H2,1H3,(H,17,18). The first kappa shape index (κ1) is 15.2. The lowest BCUT2D eigenvalue weighted by Gasteiger charge is -2.07. The first-order chi connectivity index (χ1) is 9.79. The van der Waals surface area contributed by atoms with E-state index >= 15 is 0 Å². The fourth-order valence-corrected chi connectivity index (χ4v) is 3.29. The van der Waals surface area contributed by atoms with Gasteiger partial charge in [-0.05, 0) is 30.7 Å². The molecule has 21 heavy (non-hydrogen) atoms. The number of halogens is 1. The van der Waals surface area contributed by atoms with Crippen molar-refractivity contribution < 1.29 is 22.7 Å².